The lowest BCUT2D eigenvalue weighted by Crippen LogP contribution is -2.15. The predicted molar refractivity (Wildman–Crippen MR) is 58.4 cm³/mol. The number of rotatable bonds is 4. The van der Waals surface area contributed by atoms with Crippen LogP contribution in [0.2, 0.25) is 0 Å². The molecule has 0 amide bonds. The van der Waals surface area contributed by atoms with Gasteiger partial charge in [0.25, 0.3) is 0 Å². The molecule has 2 rings (SSSR count). The molecule has 0 unspecified atom stereocenters. The number of fused-ring (bicyclic) bond motifs is 1. The molecule has 2 nitrogen and oxygen atoms in total. The van der Waals surface area contributed by atoms with Crippen LogP contribution in [0.5, 0.6) is 0 Å². The quantitative estimate of drug-likeness (QED) is 0.809. The fourth-order valence-corrected chi connectivity index (χ4v) is 1.71. The zero-order chi connectivity index (χ0) is 11.5. The zero-order valence-corrected chi connectivity index (χ0v) is 9.02. The maximum absolute atomic E-state index is 13.3. The summed E-state index contributed by atoms with van der Waals surface area (Å²) in [4.78, 5) is 0. The third-order valence-electron chi connectivity index (χ3n) is 2.49. The number of halogens is 2. The Labute approximate surface area is 92.2 Å². The molecule has 16 heavy (non-hydrogen) atoms. The van der Waals surface area contributed by atoms with Gasteiger partial charge in [-0.25, -0.2) is 8.78 Å². The normalized spacial score (nSPS) is 11.2. The second-order valence-electron chi connectivity index (χ2n) is 3.63. The Morgan fingerprint density at radius 1 is 1.31 bits per heavy atom. The van der Waals surface area contributed by atoms with E-state index in [1.165, 1.54) is 12.3 Å². The highest BCUT2D eigenvalue weighted by Crippen LogP contribution is 2.25. The Morgan fingerprint density at radius 3 is 2.88 bits per heavy atom. The van der Waals surface area contributed by atoms with Gasteiger partial charge in [-0.05, 0) is 31.1 Å². The molecule has 0 bridgehead atoms. The Morgan fingerprint density at radius 2 is 2.12 bits per heavy atom. The van der Waals surface area contributed by atoms with Crippen molar-refractivity contribution in [2.75, 3.05) is 13.1 Å². The molecule has 2 aromatic rings. The molecule has 0 atom stereocenters. The standard InChI is InChI=1S/C12H13F2NO/c1-2-15-4-3-8-7-16-12-10(8)5-9(13)6-11(12)14/h5-7,15H,2-4H2,1H3. The molecule has 0 aliphatic carbocycles. The maximum atomic E-state index is 13.3. The molecule has 0 fully saturated rings. The van der Waals surface area contributed by atoms with Crippen molar-refractivity contribution < 1.29 is 13.2 Å². The second kappa shape index (κ2) is 4.61. The van der Waals surface area contributed by atoms with Crippen LogP contribution in [0.25, 0.3) is 11.0 Å². The van der Waals surface area contributed by atoms with Gasteiger partial charge in [-0.15, -0.1) is 0 Å². The summed E-state index contributed by atoms with van der Waals surface area (Å²) in [6.45, 7) is 3.65. The minimum atomic E-state index is -0.648. The molecule has 1 heterocycles. The van der Waals surface area contributed by atoms with E-state index in [-0.39, 0.29) is 5.58 Å². The summed E-state index contributed by atoms with van der Waals surface area (Å²) in [6.07, 6.45) is 2.19. The van der Waals surface area contributed by atoms with Crippen LogP contribution >= 0.6 is 0 Å². The summed E-state index contributed by atoms with van der Waals surface area (Å²) in [5.41, 5.74) is 0.960. The van der Waals surface area contributed by atoms with Crippen LogP contribution in [0.4, 0.5) is 8.78 Å². The van der Waals surface area contributed by atoms with Gasteiger partial charge in [-0.1, -0.05) is 6.92 Å². The molecule has 0 aliphatic heterocycles. The Hall–Kier alpha value is -1.42. The van der Waals surface area contributed by atoms with Gasteiger partial charge >= 0.3 is 0 Å². The maximum Gasteiger partial charge on any atom is 0.169 e. The van der Waals surface area contributed by atoms with E-state index in [4.69, 9.17) is 4.42 Å². The van der Waals surface area contributed by atoms with Crippen LogP contribution in [-0.4, -0.2) is 13.1 Å². The number of furan rings is 1. The predicted octanol–water partition coefficient (Wildman–Crippen LogP) is 2.86. The van der Waals surface area contributed by atoms with E-state index in [1.54, 1.807) is 0 Å². The van der Waals surface area contributed by atoms with Gasteiger partial charge in [0.15, 0.2) is 11.4 Å². The van der Waals surface area contributed by atoms with Gasteiger partial charge in [0.05, 0.1) is 6.26 Å². The van der Waals surface area contributed by atoms with Gasteiger partial charge in [0.2, 0.25) is 0 Å². The van der Waals surface area contributed by atoms with Gasteiger partial charge in [0, 0.05) is 11.5 Å². The first-order valence-electron chi connectivity index (χ1n) is 5.28. The summed E-state index contributed by atoms with van der Waals surface area (Å²) in [5, 5.41) is 3.67. The lowest BCUT2D eigenvalue weighted by molar-refractivity contribution is 0.545. The molecule has 1 aromatic heterocycles. The van der Waals surface area contributed by atoms with Crippen molar-refractivity contribution in [3.05, 3.63) is 35.6 Å². The number of nitrogens with one attached hydrogen (secondary N) is 1. The first-order valence-corrected chi connectivity index (χ1v) is 5.28. The van der Waals surface area contributed by atoms with Crippen LogP contribution < -0.4 is 5.32 Å². The van der Waals surface area contributed by atoms with E-state index in [1.807, 2.05) is 6.92 Å². The number of likely N-dealkylation sites (N-methyl/N-ethyl adjacent to an activating group) is 1. The van der Waals surface area contributed by atoms with E-state index in [0.29, 0.717) is 11.8 Å². The summed E-state index contributed by atoms with van der Waals surface area (Å²) < 4.78 is 31.4. The fraction of sp³-hybridized carbons (Fsp3) is 0.333. The van der Waals surface area contributed by atoms with Gasteiger partial charge in [-0.2, -0.15) is 0 Å². The number of benzene rings is 1. The Bertz CT molecular complexity index is 493. The molecule has 4 heteroatoms. The number of hydrogen-bond donors (Lipinski definition) is 1. The molecule has 1 aromatic carbocycles. The summed E-state index contributed by atoms with van der Waals surface area (Å²) in [6, 6.07) is 2.14. The monoisotopic (exact) mass is 225 g/mol. The highest BCUT2D eigenvalue weighted by molar-refractivity contribution is 5.81. The fourth-order valence-electron chi connectivity index (χ4n) is 1.71. The van der Waals surface area contributed by atoms with Gasteiger partial charge in [-0.3, -0.25) is 0 Å². The summed E-state index contributed by atoms with van der Waals surface area (Å²) >= 11 is 0. The smallest absolute Gasteiger partial charge is 0.169 e. The first-order chi connectivity index (χ1) is 7.72. The highest BCUT2D eigenvalue weighted by Gasteiger charge is 2.11. The molecule has 86 valence electrons. The third kappa shape index (κ3) is 2.07. The number of hydrogen-bond acceptors (Lipinski definition) is 2. The zero-order valence-electron chi connectivity index (χ0n) is 9.02. The van der Waals surface area contributed by atoms with Crippen LogP contribution in [0, 0.1) is 11.6 Å². The summed E-state index contributed by atoms with van der Waals surface area (Å²) in [5.74, 6) is -1.22. The molecular formula is C12H13F2NO. The lowest BCUT2D eigenvalue weighted by Gasteiger charge is -1.99. The van der Waals surface area contributed by atoms with Crippen molar-refractivity contribution in [3.8, 4) is 0 Å². The lowest BCUT2D eigenvalue weighted by atomic mass is 10.1. The molecule has 0 aliphatic rings. The SMILES string of the molecule is CCNCCc1coc2c(F)cc(F)cc12. The minimum absolute atomic E-state index is 0.132. The van der Waals surface area contributed by atoms with Crippen molar-refractivity contribution in [1.82, 2.24) is 5.32 Å². The average Bonchev–Trinajstić information content (AvgIpc) is 2.62. The van der Waals surface area contributed by atoms with Crippen LogP contribution in [-0.2, 0) is 6.42 Å². The third-order valence-corrected chi connectivity index (χ3v) is 2.49. The van der Waals surface area contributed by atoms with Crippen molar-refractivity contribution in [2.45, 2.75) is 13.3 Å². The van der Waals surface area contributed by atoms with E-state index in [0.717, 1.165) is 24.7 Å². The van der Waals surface area contributed by atoms with E-state index >= 15 is 0 Å². The van der Waals surface area contributed by atoms with Gasteiger partial charge < -0.3 is 9.73 Å². The minimum Gasteiger partial charge on any atom is -0.461 e. The molecule has 0 saturated carbocycles. The van der Waals surface area contributed by atoms with Gasteiger partial charge in [0.1, 0.15) is 5.82 Å². The van der Waals surface area contributed by atoms with Crippen LogP contribution in [0.15, 0.2) is 22.8 Å². The highest BCUT2D eigenvalue weighted by atomic mass is 19.1. The van der Waals surface area contributed by atoms with Crippen molar-refractivity contribution in [1.29, 1.82) is 0 Å². The second-order valence-corrected chi connectivity index (χ2v) is 3.63. The topological polar surface area (TPSA) is 25.2 Å². The molecule has 1 N–H and O–H groups in total. The Kier molecular flexibility index (Phi) is 3.19. The van der Waals surface area contributed by atoms with Crippen molar-refractivity contribution in [2.24, 2.45) is 0 Å². The molecule has 0 saturated heterocycles. The molecule has 0 radical (unpaired) electrons. The largest absolute Gasteiger partial charge is 0.461 e. The van der Waals surface area contributed by atoms with Crippen molar-refractivity contribution in [3.63, 3.8) is 0 Å². The van der Waals surface area contributed by atoms with E-state index in [9.17, 15) is 8.78 Å². The van der Waals surface area contributed by atoms with E-state index < -0.39 is 11.6 Å². The van der Waals surface area contributed by atoms with E-state index in [2.05, 4.69) is 5.32 Å². The van der Waals surface area contributed by atoms with Crippen molar-refractivity contribution >= 4 is 11.0 Å². The Balaban J connectivity index is 2.32. The summed E-state index contributed by atoms with van der Waals surface area (Å²) in [7, 11) is 0. The molecule has 0 spiro atoms. The molecular weight excluding hydrogens is 212 g/mol. The van der Waals surface area contributed by atoms with Crippen LogP contribution in [0.3, 0.4) is 0 Å². The van der Waals surface area contributed by atoms with Crippen LogP contribution in [0.1, 0.15) is 12.5 Å². The first kappa shape index (κ1) is 11.1. The average molecular weight is 225 g/mol.